The maximum atomic E-state index is 11.9. The van der Waals surface area contributed by atoms with Gasteiger partial charge in [0.25, 0.3) is 0 Å². The van der Waals surface area contributed by atoms with Crippen LogP contribution >= 0.6 is 0 Å². The van der Waals surface area contributed by atoms with Crippen molar-refractivity contribution in [2.24, 2.45) is 5.92 Å². The number of hydrogen-bond donors (Lipinski definition) is 0. The molecule has 0 aliphatic carbocycles. The van der Waals surface area contributed by atoms with Gasteiger partial charge in [0.15, 0.2) is 0 Å². The van der Waals surface area contributed by atoms with E-state index in [1.165, 1.54) is 6.42 Å². The third kappa shape index (κ3) is 7.44. The van der Waals surface area contributed by atoms with Crippen molar-refractivity contribution in [2.45, 2.75) is 58.3 Å². The second-order valence-corrected chi connectivity index (χ2v) is 4.35. The van der Waals surface area contributed by atoms with Gasteiger partial charge in [0.05, 0.1) is 0 Å². The first-order valence-electron chi connectivity index (χ1n) is 6.50. The second-order valence-electron chi connectivity index (χ2n) is 4.35. The molecule has 0 amide bonds. The Morgan fingerprint density at radius 3 is 2.38 bits per heavy atom. The van der Waals surface area contributed by atoms with Crippen molar-refractivity contribution < 1.29 is 4.79 Å². The Hall–Kier alpha value is -0.850. The van der Waals surface area contributed by atoms with Crippen molar-refractivity contribution in [1.82, 2.24) is 0 Å². The number of carbonyl (C=O) groups excluding carboxylic acids is 1. The molecular weight excluding hydrogens is 196 g/mol. The van der Waals surface area contributed by atoms with Crippen LogP contribution in [-0.2, 0) is 4.79 Å². The van der Waals surface area contributed by atoms with E-state index in [0.29, 0.717) is 12.2 Å². The zero-order valence-corrected chi connectivity index (χ0v) is 10.7. The van der Waals surface area contributed by atoms with Crippen LogP contribution in [0.3, 0.4) is 0 Å². The summed E-state index contributed by atoms with van der Waals surface area (Å²) in [5.74, 6) is 0.718. The van der Waals surface area contributed by atoms with Gasteiger partial charge >= 0.3 is 0 Å². The zero-order chi connectivity index (χ0) is 12.2. The standard InChI is InChI=1S/C15H26O/c1-4-7-9-10-12-14(11-6-3)15(16)13-8-5-2/h4-5,14H,1-2,6-13H2,3H3. The van der Waals surface area contributed by atoms with Crippen molar-refractivity contribution in [1.29, 1.82) is 0 Å². The lowest BCUT2D eigenvalue weighted by atomic mass is 9.90. The quantitative estimate of drug-likeness (QED) is 0.366. The van der Waals surface area contributed by atoms with E-state index in [9.17, 15) is 4.79 Å². The summed E-state index contributed by atoms with van der Waals surface area (Å²) in [7, 11) is 0. The van der Waals surface area contributed by atoms with Crippen molar-refractivity contribution in [3.05, 3.63) is 25.3 Å². The van der Waals surface area contributed by atoms with Crippen molar-refractivity contribution in [2.75, 3.05) is 0 Å². The van der Waals surface area contributed by atoms with Crippen LogP contribution in [-0.4, -0.2) is 5.78 Å². The molecule has 0 rings (SSSR count). The summed E-state index contributed by atoms with van der Waals surface area (Å²) in [6.07, 6.45) is 11.9. The number of hydrogen-bond acceptors (Lipinski definition) is 1. The minimum Gasteiger partial charge on any atom is -0.299 e. The van der Waals surface area contributed by atoms with Crippen LogP contribution in [0.2, 0.25) is 0 Å². The number of ketones is 1. The highest BCUT2D eigenvalue weighted by atomic mass is 16.1. The average Bonchev–Trinajstić information content (AvgIpc) is 2.30. The van der Waals surface area contributed by atoms with Gasteiger partial charge in [-0.2, -0.15) is 0 Å². The second kappa shape index (κ2) is 10.7. The van der Waals surface area contributed by atoms with Crippen LogP contribution in [0.15, 0.2) is 25.3 Å². The predicted molar refractivity (Wildman–Crippen MR) is 71.5 cm³/mol. The molecule has 0 aliphatic heterocycles. The number of allylic oxidation sites excluding steroid dienone is 2. The van der Waals surface area contributed by atoms with E-state index in [2.05, 4.69) is 20.1 Å². The van der Waals surface area contributed by atoms with Crippen LogP contribution in [0, 0.1) is 5.92 Å². The van der Waals surface area contributed by atoms with Crippen LogP contribution in [0.25, 0.3) is 0 Å². The van der Waals surface area contributed by atoms with Crippen LogP contribution in [0.1, 0.15) is 58.3 Å². The van der Waals surface area contributed by atoms with Crippen molar-refractivity contribution in [3.63, 3.8) is 0 Å². The van der Waals surface area contributed by atoms with Gasteiger partial charge in [0.2, 0.25) is 0 Å². The van der Waals surface area contributed by atoms with Crippen molar-refractivity contribution >= 4 is 5.78 Å². The Kier molecular flexibility index (Phi) is 10.1. The average molecular weight is 222 g/mol. The smallest absolute Gasteiger partial charge is 0.136 e. The molecule has 0 saturated heterocycles. The fourth-order valence-corrected chi connectivity index (χ4v) is 1.94. The van der Waals surface area contributed by atoms with E-state index < -0.39 is 0 Å². The van der Waals surface area contributed by atoms with E-state index in [1.807, 2.05) is 12.2 Å². The van der Waals surface area contributed by atoms with Gasteiger partial charge in [0, 0.05) is 12.3 Å². The summed E-state index contributed by atoms with van der Waals surface area (Å²) in [5.41, 5.74) is 0. The van der Waals surface area contributed by atoms with E-state index in [0.717, 1.165) is 38.5 Å². The number of unbranched alkanes of at least 4 members (excludes halogenated alkanes) is 2. The molecule has 0 radical (unpaired) electrons. The monoisotopic (exact) mass is 222 g/mol. The molecule has 1 heteroatoms. The minimum absolute atomic E-state index is 0.287. The molecule has 0 N–H and O–H groups in total. The molecule has 0 aliphatic rings. The van der Waals surface area contributed by atoms with Crippen molar-refractivity contribution in [3.8, 4) is 0 Å². The van der Waals surface area contributed by atoms with E-state index in [4.69, 9.17) is 0 Å². The molecule has 0 saturated carbocycles. The predicted octanol–water partition coefficient (Wildman–Crippen LogP) is 4.68. The Morgan fingerprint density at radius 2 is 1.81 bits per heavy atom. The lowest BCUT2D eigenvalue weighted by Crippen LogP contribution is -2.14. The van der Waals surface area contributed by atoms with Gasteiger partial charge in [0.1, 0.15) is 5.78 Å². The molecule has 1 nitrogen and oxygen atoms in total. The van der Waals surface area contributed by atoms with Gasteiger partial charge in [-0.3, -0.25) is 4.79 Å². The highest BCUT2D eigenvalue weighted by molar-refractivity contribution is 5.81. The number of Topliss-reactive ketones (excluding diaryl/α,β-unsaturated/α-hetero) is 1. The molecule has 0 spiro atoms. The van der Waals surface area contributed by atoms with Gasteiger partial charge in [-0.15, -0.1) is 13.2 Å². The first kappa shape index (κ1) is 15.2. The largest absolute Gasteiger partial charge is 0.299 e. The maximum Gasteiger partial charge on any atom is 0.136 e. The molecular formula is C15H26O. The topological polar surface area (TPSA) is 17.1 Å². The Balaban J connectivity index is 3.88. The third-order valence-electron chi connectivity index (χ3n) is 2.90. The minimum atomic E-state index is 0.287. The van der Waals surface area contributed by atoms with Gasteiger partial charge in [-0.1, -0.05) is 31.9 Å². The maximum absolute atomic E-state index is 11.9. The molecule has 0 heterocycles. The molecule has 0 bridgehead atoms. The molecule has 1 atom stereocenters. The summed E-state index contributed by atoms with van der Waals surface area (Å²) in [4.78, 5) is 11.9. The van der Waals surface area contributed by atoms with E-state index >= 15 is 0 Å². The Morgan fingerprint density at radius 1 is 1.12 bits per heavy atom. The number of carbonyl (C=O) groups is 1. The fraction of sp³-hybridized carbons (Fsp3) is 0.667. The van der Waals surface area contributed by atoms with Gasteiger partial charge in [-0.25, -0.2) is 0 Å². The highest BCUT2D eigenvalue weighted by Gasteiger charge is 2.15. The molecule has 0 aromatic heterocycles. The van der Waals surface area contributed by atoms with Crippen LogP contribution in [0.4, 0.5) is 0 Å². The first-order valence-corrected chi connectivity index (χ1v) is 6.50. The fourth-order valence-electron chi connectivity index (χ4n) is 1.94. The normalized spacial score (nSPS) is 12.1. The first-order chi connectivity index (χ1) is 7.76. The van der Waals surface area contributed by atoms with Gasteiger partial charge in [-0.05, 0) is 32.1 Å². The summed E-state index contributed by atoms with van der Waals surface area (Å²) in [6.45, 7) is 9.52. The molecule has 1 unspecified atom stereocenters. The molecule has 16 heavy (non-hydrogen) atoms. The summed E-state index contributed by atoms with van der Waals surface area (Å²) in [5, 5.41) is 0. The molecule has 0 aromatic carbocycles. The third-order valence-corrected chi connectivity index (χ3v) is 2.90. The van der Waals surface area contributed by atoms with E-state index in [1.54, 1.807) is 0 Å². The lowest BCUT2D eigenvalue weighted by molar-refractivity contribution is -0.123. The molecule has 0 fully saturated rings. The summed E-state index contributed by atoms with van der Waals surface area (Å²) >= 11 is 0. The summed E-state index contributed by atoms with van der Waals surface area (Å²) < 4.78 is 0. The Bertz CT molecular complexity index is 205. The van der Waals surface area contributed by atoms with Crippen LogP contribution < -0.4 is 0 Å². The van der Waals surface area contributed by atoms with Crippen LogP contribution in [0.5, 0.6) is 0 Å². The zero-order valence-electron chi connectivity index (χ0n) is 10.7. The SMILES string of the molecule is C=CCCCCC(CCC)C(=O)CCC=C. The summed E-state index contributed by atoms with van der Waals surface area (Å²) in [6, 6.07) is 0. The molecule has 92 valence electrons. The van der Waals surface area contributed by atoms with Gasteiger partial charge < -0.3 is 0 Å². The highest BCUT2D eigenvalue weighted by Crippen LogP contribution is 2.19. The number of rotatable bonds is 11. The Labute approximate surface area is 101 Å². The molecule has 0 aromatic rings. The lowest BCUT2D eigenvalue weighted by Gasteiger charge is -2.14. The van der Waals surface area contributed by atoms with E-state index in [-0.39, 0.29) is 5.92 Å².